The monoisotopic (exact) mass is 276 g/mol. The molecule has 0 radical (unpaired) electrons. The largest absolute Gasteiger partial charge is 0.334 e. The molecular weight excluding hydrogens is 256 g/mol. The number of hydrogen-bond acceptors (Lipinski definition) is 4. The van der Waals surface area contributed by atoms with Crippen molar-refractivity contribution in [3.8, 4) is 0 Å². The van der Waals surface area contributed by atoms with Gasteiger partial charge < -0.3 is 9.88 Å². The van der Waals surface area contributed by atoms with E-state index in [0.29, 0.717) is 12.4 Å². The molecule has 0 spiro atoms. The van der Waals surface area contributed by atoms with Crippen LogP contribution in [-0.2, 0) is 11.3 Å². The third-order valence-electron chi connectivity index (χ3n) is 4.17. The Labute approximate surface area is 117 Å². The highest BCUT2D eigenvalue weighted by atomic mass is 16.2. The maximum absolute atomic E-state index is 12.5. The van der Waals surface area contributed by atoms with E-state index < -0.39 is 0 Å². The average molecular weight is 276 g/mol. The van der Waals surface area contributed by atoms with Gasteiger partial charge in [-0.1, -0.05) is 6.42 Å². The molecule has 2 aliphatic heterocycles. The Balaban J connectivity index is 1.64. The molecule has 108 valence electrons. The van der Waals surface area contributed by atoms with Gasteiger partial charge >= 0.3 is 0 Å². The van der Waals surface area contributed by atoms with Crippen molar-refractivity contribution in [2.24, 2.45) is 0 Å². The molecule has 1 unspecified atom stereocenters. The summed E-state index contributed by atoms with van der Waals surface area (Å²) in [6.07, 6.45) is 6.03. The second-order valence-electron chi connectivity index (χ2n) is 5.54. The maximum atomic E-state index is 12.5. The number of amides is 1. The Kier molecular flexibility index (Phi) is 3.82. The Bertz CT molecular complexity index is 536. The summed E-state index contributed by atoms with van der Waals surface area (Å²) >= 11 is 0. The van der Waals surface area contributed by atoms with Crippen LogP contribution in [0.4, 0.5) is 0 Å². The molecule has 0 bridgehead atoms. The molecule has 0 saturated carbocycles. The Morgan fingerprint density at radius 1 is 1.20 bits per heavy atom. The fourth-order valence-electron chi connectivity index (χ4n) is 3.12. The van der Waals surface area contributed by atoms with E-state index in [0.717, 1.165) is 26.1 Å². The predicted octanol–water partition coefficient (Wildman–Crippen LogP) is 0.357. The number of aromatic amines is 1. The van der Waals surface area contributed by atoms with Gasteiger partial charge in [0.15, 0.2) is 0 Å². The molecule has 20 heavy (non-hydrogen) atoms. The lowest BCUT2D eigenvalue weighted by Gasteiger charge is -2.31. The van der Waals surface area contributed by atoms with Crippen molar-refractivity contribution < 1.29 is 4.79 Å². The fraction of sp³-hybridized carbons (Fsp3) is 0.643. The van der Waals surface area contributed by atoms with Crippen molar-refractivity contribution in [3.63, 3.8) is 0 Å². The first-order chi connectivity index (χ1) is 9.74. The predicted molar refractivity (Wildman–Crippen MR) is 74.1 cm³/mol. The van der Waals surface area contributed by atoms with E-state index in [1.54, 1.807) is 4.90 Å². The molecule has 2 fully saturated rings. The van der Waals surface area contributed by atoms with Crippen LogP contribution in [-0.4, -0.2) is 51.4 Å². The lowest BCUT2D eigenvalue weighted by molar-refractivity contribution is -0.133. The Hall–Kier alpha value is -1.69. The lowest BCUT2D eigenvalue weighted by atomic mass is 10.1. The van der Waals surface area contributed by atoms with Gasteiger partial charge in [-0.15, -0.1) is 0 Å². The van der Waals surface area contributed by atoms with Crippen LogP contribution in [0.3, 0.4) is 0 Å². The number of hydrogen-bond donors (Lipinski definition) is 1. The second-order valence-corrected chi connectivity index (χ2v) is 5.54. The summed E-state index contributed by atoms with van der Waals surface area (Å²) in [5.41, 5.74) is -0.172. The number of aromatic nitrogens is 2. The van der Waals surface area contributed by atoms with E-state index >= 15 is 0 Å². The van der Waals surface area contributed by atoms with Gasteiger partial charge in [0.05, 0.1) is 12.6 Å². The Morgan fingerprint density at radius 3 is 2.75 bits per heavy atom. The van der Waals surface area contributed by atoms with Gasteiger partial charge in [-0.3, -0.25) is 14.5 Å². The zero-order valence-electron chi connectivity index (χ0n) is 11.5. The van der Waals surface area contributed by atoms with Crippen LogP contribution >= 0.6 is 0 Å². The van der Waals surface area contributed by atoms with Crippen molar-refractivity contribution in [2.75, 3.05) is 19.6 Å². The number of piperidine rings is 1. The SMILES string of the molecule is O=C1C(N2CCCCC2)CCN1Cc1nccc(=O)[nH]1. The maximum Gasteiger partial charge on any atom is 0.250 e. The van der Waals surface area contributed by atoms with Crippen LogP contribution in [0, 0.1) is 0 Å². The highest BCUT2D eigenvalue weighted by Crippen LogP contribution is 2.22. The quantitative estimate of drug-likeness (QED) is 0.865. The minimum absolute atomic E-state index is 0.0331. The van der Waals surface area contributed by atoms with Crippen molar-refractivity contribution >= 4 is 5.91 Å². The van der Waals surface area contributed by atoms with E-state index in [9.17, 15) is 9.59 Å². The molecular formula is C14H20N4O2. The molecule has 6 heteroatoms. The molecule has 0 aliphatic carbocycles. The van der Waals surface area contributed by atoms with E-state index in [2.05, 4.69) is 14.9 Å². The molecule has 1 atom stereocenters. The van der Waals surface area contributed by atoms with Crippen LogP contribution in [0.5, 0.6) is 0 Å². The van der Waals surface area contributed by atoms with E-state index in [-0.39, 0.29) is 17.5 Å². The average Bonchev–Trinajstić information content (AvgIpc) is 2.81. The first-order valence-electron chi connectivity index (χ1n) is 7.31. The van der Waals surface area contributed by atoms with E-state index in [1.807, 2.05) is 0 Å². The fourth-order valence-corrected chi connectivity index (χ4v) is 3.12. The number of likely N-dealkylation sites (tertiary alicyclic amines) is 2. The highest BCUT2D eigenvalue weighted by molar-refractivity contribution is 5.83. The first-order valence-corrected chi connectivity index (χ1v) is 7.31. The topological polar surface area (TPSA) is 69.3 Å². The summed E-state index contributed by atoms with van der Waals surface area (Å²) in [4.78, 5) is 34.6. The van der Waals surface area contributed by atoms with Crippen LogP contribution in [0.15, 0.2) is 17.1 Å². The van der Waals surface area contributed by atoms with Gasteiger partial charge in [-0.05, 0) is 32.4 Å². The highest BCUT2D eigenvalue weighted by Gasteiger charge is 2.36. The first kappa shape index (κ1) is 13.3. The Morgan fingerprint density at radius 2 is 2.00 bits per heavy atom. The molecule has 1 N–H and O–H groups in total. The molecule has 1 aromatic heterocycles. The number of nitrogens with zero attached hydrogens (tertiary/aromatic N) is 3. The molecule has 3 rings (SSSR count). The van der Waals surface area contributed by atoms with Crippen LogP contribution in [0.2, 0.25) is 0 Å². The normalized spacial score (nSPS) is 24.3. The summed E-state index contributed by atoms with van der Waals surface area (Å²) in [5.74, 6) is 0.739. The smallest absolute Gasteiger partial charge is 0.250 e. The van der Waals surface area contributed by atoms with Gasteiger partial charge in [-0.2, -0.15) is 0 Å². The molecule has 2 saturated heterocycles. The summed E-state index contributed by atoms with van der Waals surface area (Å²) in [5, 5.41) is 0. The van der Waals surface area contributed by atoms with Gasteiger partial charge in [0, 0.05) is 18.8 Å². The number of rotatable bonds is 3. The summed E-state index contributed by atoms with van der Waals surface area (Å²) in [6, 6.07) is 1.41. The number of carbonyl (C=O) groups is 1. The molecule has 1 aromatic rings. The molecule has 6 nitrogen and oxygen atoms in total. The summed E-state index contributed by atoms with van der Waals surface area (Å²) in [6.45, 7) is 3.22. The van der Waals surface area contributed by atoms with Crippen molar-refractivity contribution in [3.05, 3.63) is 28.4 Å². The molecule has 0 aromatic carbocycles. The molecule has 1 amide bonds. The van der Waals surface area contributed by atoms with Gasteiger partial charge in [-0.25, -0.2) is 4.98 Å². The van der Waals surface area contributed by atoms with Gasteiger partial charge in [0.25, 0.3) is 5.56 Å². The summed E-state index contributed by atoms with van der Waals surface area (Å²) in [7, 11) is 0. The standard InChI is InChI=1S/C14H20N4O2/c19-13-4-6-15-12(16-13)10-18-9-5-11(14(18)20)17-7-2-1-3-8-17/h4,6,11H,1-3,5,7-10H2,(H,15,16,19). The van der Waals surface area contributed by atoms with E-state index in [4.69, 9.17) is 0 Å². The number of H-pyrrole nitrogens is 1. The van der Waals surface area contributed by atoms with Crippen molar-refractivity contribution in [1.29, 1.82) is 0 Å². The van der Waals surface area contributed by atoms with E-state index in [1.165, 1.54) is 31.5 Å². The third-order valence-corrected chi connectivity index (χ3v) is 4.17. The van der Waals surface area contributed by atoms with Crippen LogP contribution in [0.1, 0.15) is 31.5 Å². The van der Waals surface area contributed by atoms with Crippen LogP contribution in [0.25, 0.3) is 0 Å². The minimum Gasteiger partial charge on any atom is -0.334 e. The number of carbonyl (C=O) groups excluding carboxylic acids is 1. The van der Waals surface area contributed by atoms with Crippen molar-refractivity contribution in [2.45, 2.75) is 38.3 Å². The minimum atomic E-state index is -0.172. The zero-order valence-corrected chi connectivity index (χ0v) is 11.5. The van der Waals surface area contributed by atoms with Gasteiger partial charge in [0.1, 0.15) is 5.82 Å². The zero-order chi connectivity index (χ0) is 13.9. The van der Waals surface area contributed by atoms with Crippen molar-refractivity contribution in [1.82, 2.24) is 19.8 Å². The van der Waals surface area contributed by atoms with Crippen LogP contribution < -0.4 is 5.56 Å². The summed E-state index contributed by atoms with van der Waals surface area (Å²) < 4.78 is 0. The second kappa shape index (κ2) is 5.75. The third kappa shape index (κ3) is 2.75. The molecule has 3 heterocycles. The van der Waals surface area contributed by atoms with Gasteiger partial charge in [0.2, 0.25) is 5.91 Å². The molecule has 2 aliphatic rings. The lowest BCUT2D eigenvalue weighted by Crippen LogP contribution is -2.44. The number of nitrogens with one attached hydrogen (secondary N) is 1.